The standard InChI is InChI=1S/C22H34O3/c1-3-4-5-8-17(23)10-11-18-19-12-15-7-6-9-22(25-2)20(15)13-16(19)14-21(18)24/h6-7,9,16-19,21,23-24H,3-5,8,10-14H2,1-2H3/t16-,17-,18+,19-,21+/m1/s1. The van der Waals surface area contributed by atoms with Crippen molar-refractivity contribution in [1.29, 1.82) is 0 Å². The average molecular weight is 347 g/mol. The van der Waals surface area contributed by atoms with E-state index in [1.54, 1.807) is 7.11 Å². The number of aliphatic hydroxyl groups excluding tert-OH is 2. The summed E-state index contributed by atoms with van der Waals surface area (Å²) in [6.07, 6.45) is 8.77. The molecule has 0 aliphatic heterocycles. The van der Waals surface area contributed by atoms with E-state index in [4.69, 9.17) is 4.74 Å². The van der Waals surface area contributed by atoms with E-state index in [2.05, 4.69) is 25.1 Å². The first kappa shape index (κ1) is 18.7. The van der Waals surface area contributed by atoms with Gasteiger partial charge in [0.05, 0.1) is 19.3 Å². The number of methoxy groups -OCH3 is 1. The molecule has 1 aromatic carbocycles. The number of aliphatic hydroxyl groups is 2. The SMILES string of the molecule is CCCCC[C@@H](O)CC[C@H]1[C@@H]2Cc3cccc(OC)c3C[C@@H]2C[C@@H]1O. The third-order valence-corrected chi connectivity index (χ3v) is 6.54. The first-order valence-electron chi connectivity index (χ1n) is 10.1. The molecule has 3 rings (SSSR count). The summed E-state index contributed by atoms with van der Waals surface area (Å²) in [6.45, 7) is 2.19. The van der Waals surface area contributed by atoms with Crippen LogP contribution in [0.3, 0.4) is 0 Å². The lowest BCUT2D eigenvalue weighted by molar-refractivity contribution is 0.0869. The molecule has 0 spiro atoms. The van der Waals surface area contributed by atoms with Crippen LogP contribution in [0.5, 0.6) is 5.75 Å². The fraction of sp³-hybridized carbons (Fsp3) is 0.727. The zero-order chi connectivity index (χ0) is 17.8. The van der Waals surface area contributed by atoms with Crippen molar-refractivity contribution in [2.45, 2.75) is 76.9 Å². The van der Waals surface area contributed by atoms with Gasteiger partial charge in [0.25, 0.3) is 0 Å². The molecule has 0 aromatic heterocycles. The van der Waals surface area contributed by atoms with E-state index in [9.17, 15) is 10.2 Å². The third-order valence-electron chi connectivity index (χ3n) is 6.54. The van der Waals surface area contributed by atoms with Gasteiger partial charge in [0, 0.05) is 0 Å². The molecule has 0 bridgehead atoms. The Hall–Kier alpha value is -1.06. The van der Waals surface area contributed by atoms with Crippen molar-refractivity contribution in [2.75, 3.05) is 7.11 Å². The van der Waals surface area contributed by atoms with E-state index >= 15 is 0 Å². The van der Waals surface area contributed by atoms with E-state index in [0.29, 0.717) is 17.8 Å². The molecule has 1 aromatic rings. The number of unbranched alkanes of at least 4 members (excludes halogenated alkanes) is 2. The molecule has 0 saturated heterocycles. The summed E-state index contributed by atoms with van der Waals surface area (Å²) < 4.78 is 5.54. The Morgan fingerprint density at radius 3 is 2.80 bits per heavy atom. The van der Waals surface area contributed by atoms with Crippen molar-refractivity contribution in [3.8, 4) is 5.75 Å². The van der Waals surface area contributed by atoms with Gasteiger partial charge in [-0.15, -0.1) is 0 Å². The highest BCUT2D eigenvalue weighted by molar-refractivity contribution is 5.43. The second-order valence-electron chi connectivity index (χ2n) is 8.12. The molecule has 25 heavy (non-hydrogen) atoms. The van der Waals surface area contributed by atoms with Gasteiger partial charge in [-0.25, -0.2) is 0 Å². The van der Waals surface area contributed by atoms with Gasteiger partial charge < -0.3 is 14.9 Å². The predicted octanol–water partition coefficient (Wildman–Crippen LogP) is 4.13. The van der Waals surface area contributed by atoms with Crippen LogP contribution in [-0.2, 0) is 12.8 Å². The molecule has 0 amide bonds. The summed E-state index contributed by atoms with van der Waals surface area (Å²) >= 11 is 0. The minimum atomic E-state index is -0.210. The molecule has 1 fully saturated rings. The van der Waals surface area contributed by atoms with Crippen LogP contribution in [-0.4, -0.2) is 29.5 Å². The minimum Gasteiger partial charge on any atom is -0.496 e. The van der Waals surface area contributed by atoms with Crippen LogP contribution in [0.4, 0.5) is 0 Å². The number of rotatable bonds is 8. The normalized spacial score (nSPS) is 29.1. The van der Waals surface area contributed by atoms with Gasteiger partial charge in [-0.2, -0.15) is 0 Å². The first-order valence-corrected chi connectivity index (χ1v) is 10.1. The molecule has 0 unspecified atom stereocenters. The van der Waals surface area contributed by atoms with E-state index in [0.717, 1.165) is 50.7 Å². The maximum Gasteiger partial charge on any atom is 0.122 e. The van der Waals surface area contributed by atoms with Crippen LogP contribution < -0.4 is 4.74 Å². The van der Waals surface area contributed by atoms with Gasteiger partial charge in [-0.05, 0) is 73.5 Å². The summed E-state index contributed by atoms with van der Waals surface area (Å²) in [4.78, 5) is 0. The number of benzene rings is 1. The van der Waals surface area contributed by atoms with E-state index in [1.165, 1.54) is 24.0 Å². The second-order valence-corrected chi connectivity index (χ2v) is 8.12. The van der Waals surface area contributed by atoms with Gasteiger partial charge in [0.2, 0.25) is 0 Å². The van der Waals surface area contributed by atoms with Crippen LogP contribution >= 0.6 is 0 Å². The molecule has 140 valence electrons. The highest BCUT2D eigenvalue weighted by atomic mass is 16.5. The van der Waals surface area contributed by atoms with Gasteiger partial charge >= 0.3 is 0 Å². The number of fused-ring (bicyclic) bond motifs is 2. The predicted molar refractivity (Wildman–Crippen MR) is 101 cm³/mol. The van der Waals surface area contributed by atoms with Crippen molar-refractivity contribution in [2.24, 2.45) is 17.8 Å². The summed E-state index contributed by atoms with van der Waals surface area (Å²) in [5, 5.41) is 20.9. The Labute approximate surface area is 152 Å². The maximum atomic E-state index is 10.6. The quantitative estimate of drug-likeness (QED) is 0.696. The highest BCUT2D eigenvalue weighted by Gasteiger charge is 2.44. The Morgan fingerprint density at radius 2 is 2.04 bits per heavy atom. The third kappa shape index (κ3) is 4.20. The molecular formula is C22H34O3. The van der Waals surface area contributed by atoms with Crippen molar-refractivity contribution in [3.63, 3.8) is 0 Å². The van der Waals surface area contributed by atoms with Gasteiger partial charge in [-0.1, -0.05) is 38.3 Å². The molecule has 5 atom stereocenters. The van der Waals surface area contributed by atoms with Crippen LogP contribution in [0.2, 0.25) is 0 Å². The lowest BCUT2D eigenvalue weighted by Crippen LogP contribution is -2.28. The fourth-order valence-corrected chi connectivity index (χ4v) is 5.15. The summed E-state index contributed by atoms with van der Waals surface area (Å²) in [5.41, 5.74) is 2.74. The van der Waals surface area contributed by atoms with Crippen molar-refractivity contribution < 1.29 is 14.9 Å². The van der Waals surface area contributed by atoms with Crippen molar-refractivity contribution in [1.82, 2.24) is 0 Å². The second kappa shape index (κ2) is 8.55. The first-order chi connectivity index (χ1) is 12.1. The van der Waals surface area contributed by atoms with Gasteiger partial charge in [0.15, 0.2) is 0 Å². The van der Waals surface area contributed by atoms with E-state index in [-0.39, 0.29) is 12.2 Å². The lowest BCUT2D eigenvalue weighted by Gasteiger charge is -2.32. The Bertz CT molecular complexity index is 556. The van der Waals surface area contributed by atoms with Crippen LogP contribution in [0.15, 0.2) is 18.2 Å². The van der Waals surface area contributed by atoms with E-state index in [1.807, 2.05) is 0 Å². The van der Waals surface area contributed by atoms with E-state index < -0.39 is 0 Å². The molecule has 3 heteroatoms. The molecule has 2 N–H and O–H groups in total. The zero-order valence-corrected chi connectivity index (χ0v) is 15.8. The number of hydrogen-bond acceptors (Lipinski definition) is 3. The van der Waals surface area contributed by atoms with Gasteiger partial charge in [-0.3, -0.25) is 0 Å². The lowest BCUT2D eigenvalue weighted by atomic mass is 9.73. The average Bonchev–Trinajstić information content (AvgIpc) is 2.92. The molecular weight excluding hydrogens is 312 g/mol. The molecule has 0 radical (unpaired) electrons. The summed E-state index contributed by atoms with van der Waals surface area (Å²) in [5.74, 6) is 2.45. The largest absolute Gasteiger partial charge is 0.496 e. The summed E-state index contributed by atoms with van der Waals surface area (Å²) in [6, 6.07) is 6.35. The van der Waals surface area contributed by atoms with Crippen molar-refractivity contribution in [3.05, 3.63) is 29.3 Å². The molecule has 1 saturated carbocycles. The fourth-order valence-electron chi connectivity index (χ4n) is 5.15. The Morgan fingerprint density at radius 1 is 1.20 bits per heavy atom. The Balaban J connectivity index is 1.61. The van der Waals surface area contributed by atoms with Crippen LogP contribution in [0.1, 0.15) is 63.0 Å². The van der Waals surface area contributed by atoms with Gasteiger partial charge in [0.1, 0.15) is 5.75 Å². The molecule has 3 nitrogen and oxygen atoms in total. The van der Waals surface area contributed by atoms with Crippen molar-refractivity contribution >= 4 is 0 Å². The molecule has 2 aliphatic carbocycles. The molecule has 2 aliphatic rings. The van der Waals surface area contributed by atoms with Crippen LogP contribution in [0, 0.1) is 17.8 Å². The minimum absolute atomic E-state index is 0.200. The number of hydrogen-bond donors (Lipinski definition) is 2. The maximum absolute atomic E-state index is 10.6. The van der Waals surface area contributed by atoms with Crippen LogP contribution in [0.25, 0.3) is 0 Å². The zero-order valence-electron chi connectivity index (χ0n) is 15.8. The Kier molecular flexibility index (Phi) is 6.40. The smallest absolute Gasteiger partial charge is 0.122 e. The molecule has 0 heterocycles. The topological polar surface area (TPSA) is 49.7 Å². The monoisotopic (exact) mass is 346 g/mol. The highest BCUT2D eigenvalue weighted by Crippen LogP contribution is 2.48. The number of ether oxygens (including phenoxy) is 1. The summed E-state index contributed by atoms with van der Waals surface area (Å²) in [7, 11) is 1.74.